The molecule has 0 aromatic heterocycles. The SMILES string of the molecule is CC(C)(C)OC(=O)C1(N)CC(c2ccc(C(F)(F)F)cc2)C1. The third kappa shape index (κ3) is 3.61. The number of halogens is 3. The van der Waals surface area contributed by atoms with E-state index in [-0.39, 0.29) is 5.92 Å². The Hall–Kier alpha value is -1.56. The van der Waals surface area contributed by atoms with E-state index in [1.807, 2.05) is 0 Å². The average molecular weight is 315 g/mol. The van der Waals surface area contributed by atoms with Crippen molar-refractivity contribution in [1.29, 1.82) is 0 Å². The van der Waals surface area contributed by atoms with Crippen LogP contribution in [-0.2, 0) is 15.7 Å². The number of benzene rings is 1. The van der Waals surface area contributed by atoms with Gasteiger partial charge < -0.3 is 10.5 Å². The molecule has 1 aromatic carbocycles. The number of hydrogen-bond acceptors (Lipinski definition) is 3. The summed E-state index contributed by atoms with van der Waals surface area (Å²) in [5, 5.41) is 0. The van der Waals surface area contributed by atoms with Crippen molar-refractivity contribution in [3.63, 3.8) is 0 Å². The van der Waals surface area contributed by atoms with Gasteiger partial charge in [-0.1, -0.05) is 12.1 Å². The number of carbonyl (C=O) groups excluding carboxylic acids is 1. The van der Waals surface area contributed by atoms with Crippen LogP contribution in [0.1, 0.15) is 50.7 Å². The van der Waals surface area contributed by atoms with Crippen LogP contribution in [0.4, 0.5) is 13.2 Å². The third-order valence-electron chi connectivity index (χ3n) is 3.74. The fourth-order valence-corrected chi connectivity index (χ4v) is 2.55. The smallest absolute Gasteiger partial charge is 0.416 e. The Morgan fingerprint density at radius 3 is 2.09 bits per heavy atom. The molecule has 2 N–H and O–H groups in total. The molecule has 3 nitrogen and oxygen atoms in total. The Morgan fingerprint density at radius 2 is 1.68 bits per heavy atom. The molecule has 0 aliphatic heterocycles. The molecule has 1 aliphatic rings. The first-order valence-corrected chi connectivity index (χ1v) is 7.10. The van der Waals surface area contributed by atoms with Gasteiger partial charge in [-0.15, -0.1) is 0 Å². The standard InChI is InChI=1S/C16H20F3NO2/c1-14(2,3)22-13(21)15(20)8-11(9-15)10-4-6-12(7-5-10)16(17,18)19/h4-7,11H,8-9,20H2,1-3H3. The van der Waals surface area contributed by atoms with E-state index in [2.05, 4.69) is 0 Å². The van der Waals surface area contributed by atoms with Gasteiger partial charge >= 0.3 is 12.1 Å². The Labute approximate surface area is 127 Å². The Morgan fingerprint density at radius 1 is 1.18 bits per heavy atom. The first kappa shape index (κ1) is 16.8. The van der Waals surface area contributed by atoms with E-state index in [1.165, 1.54) is 12.1 Å². The van der Waals surface area contributed by atoms with E-state index < -0.39 is 28.8 Å². The second-order valence-electron chi connectivity index (χ2n) is 6.88. The van der Waals surface area contributed by atoms with E-state index >= 15 is 0 Å². The van der Waals surface area contributed by atoms with Crippen molar-refractivity contribution in [2.45, 2.75) is 56.8 Å². The molecule has 0 radical (unpaired) electrons. The molecule has 0 saturated heterocycles. The van der Waals surface area contributed by atoms with Gasteiger partial charge in [0.25, 0.3) is 0 Å². The van der Waals surface area contributed by atoms with Gasteiger partial charge in [0.05, 0.1) is 5.56 Å². The molecule has 0 atom stereocenters. The van der Waals surface area contributed by atoms with E-state index in [0.29, 0.717) is 12.8 Å². The summed E-state index contributed by atoms with van der Waals surface area (Å²) in [6, 6.07) is 5.00. The normalized spacial score (nSPS) is 25.5. The first-order valence-electron chi connectivity index (χ1n) is 7.10. The quantitative estimate of drug-likeness (QED) is 0.848. The summed E-state index contributed by atoms with van der Waals surface area (Å²) in [7, 11) is 0. The zero-order chi connectivity index (χ0) is 16.8. The van der Waals surface area contributed by atoms with Gasteiger partial charge in [-0.3, -0.25) is 4.79 Å². The monoisotopic (exact) mass is 315 g/mol. The fourth-order valence-electron chi connectivity index (χ4n) is 2.55. The van der Waals surface area contributed by atoms with Crippen molar-refractivity contribution in [3.05, 3.63) is 35.4 Å². The van der Waals surface area contributed by atoms with E-state index in [4.69, 9.17) is 10.5 Å². The van der Waals surface area contributed by atoms with Crippen LogP contribution >= 0.6 is 0 Å². The van der Waals surface area contributed by atoms with Crippen LogP contribution in [0.5, 0.6) is 0 Å². The molecule has 1 aromatic rings. The molecule has 1 fully saturated rings. The summed E-state index contributed by atoms with van der Waals surface area (Å²) >= 11 is 0. The minimum absolute atomic E-state index is 0.0141. The summed E-state index contributed by atoms with van der Waals surface area (Å²) in [6.07, 6.45) is -3.58. The molecular weight excluding hydrogens is 295 g/mol. The molecule has 2 rings (SSSR count). The molecule has 0 unspecified atom stereocenters. The second kappa shape index (κ2) is 5.26. The van der Waals surface area contributed by atoms with Gasteiger partial charge in [0.15, 0.2) is 0 Å². The van der Waals surface area contributed by atoms with Gasteiger partial charge in [0, 0.05) is 0 Å². The highest BCUT2D eigenvalue weighted by molar-refractivity contribution is 5.82. The van der Waals surface area contributed by atoms with Crippen LogP contribution in [-0.4, -0.2) is 17.1 Å². The zero-order valence-electron chi connectivity index (χ0n) is 12.8. The van der Waals surface area contributed by atoms with Crippen molar-refractivity contribution < 1.29 is 22.7 Å². The number of rotatable bonds is 2. The minimum atomic E-state index is -4.34. The van der Waals surface area contributed by atoms with Crippen LogP contribution in [0.25, 0.3) is 0 Å². The van der Waals surface area contributed by atoms with Gasteiger partial charge in [-0.2, -0.15) is 13.2 Å². The number of carbonyl (C=O) groups is 1. The van der Waals surface area contributed by atoms with Gasteiger partial charge in [-0.05, 0) is 57.2 Å². The summed E-state index contributed by atoms with van der Waals surface area (Å²) in [5.41, 5.74) is 4.46. The zero-order valence-corrected chi connectivity index (χ0v) is 12.8. The second-order valence-corrected chi connectivity index (χ2v) is 6.88. The van der Waals surface area contributed by atoms with Crippen LogP contribution in [0.15, 0.2) is 24.3 Å². The number of nitrogens with two attached hydrogens (primary N) is 1. The van der Waals surface area contributed by atoms with Gasteiger partial charge in [-0.25, -0.2) is 0 Å². The number of alkyl halides is 3. The van der Waals surface area contributed by atoms with Crippen molar-refractivity contribution >= 4 is 5.97 Å². The van der Waals surface area contributed by atoms with Gasteiger partial charge in [0.2, 0.25) is 0 Å². The fraction of sp³-hybridized carbons (Fsp3) is 0.562. The van der Waals surface area contributed by atoms with E-state index in [1.54, 1.807) is 20.8 Å². The number of esters is 1. The van der Waals surface area contributed by atoms with Crippen LogP contribution in [0.2, 0.25) is 0 Å². The lowest BCUT2D eigenvalue weighted by Crippen LogP contribution is -2.58. The maximum absolute atomic E-state index is 12.5. The molecule has 22 heavy (non-hydrogen) atoms. The topological polar surface area (TPSA) is 52.3 Å². The van der Waals surface area contributed by atoms with Crippen molar-refractivity contribution in [2.24, 2.45) is 5.73 Å². The molecule has 6 heteroatoms. The minimum Gasteiger partial charge on any atom is -0.459 e. The van der Waals surface area contributed by atoms with Crippen LogP contribution < -0.4 is 5.73 Å². The Balaban J connectivity index is 2.00. The molecule has 122 valence electrons. The Kier molecular flexibility index (Phi) is 4.02. The first-order chi connectivity index (χ1) is 9.91. The van der Waals surface area contributed by atoms with Crippen molar-refractivity contribution in [3.8, 4) is 0 Å². The molecule has 0 bridgehead atoms. The maximum Gasteiger partial charge on any atom is 0.416 e. The lowest BCUT2D eigenvalue weighted by molar-refractivity contribution is -0.166. The molecule has 0 heterocycles. The van der Waals surface area contributed by atoms with E-state index in [9.17, 15) is 18.0 Å². The highest BCUT2D eigenvalue weighted by atomic mass is 19.4. The lowest BCUT2D eigenvalue weighted by atomic mass is 9.66. The van der Waals surface area contributed by atoms with Crippen LogP contribution in [0.3, 0.4) is 0 Å². The highest BCUT2D eigenvalue weighted by Crippen LogP contribution is 2.44. The highest BCUT2D eigenvalue weighted by Gasteiger charge is 2.49. The lowest BCUT2D eigenvalue weighted by Gasteiger charge is -2.44. The summed E-state index contributed by atoms with van der Waals surface area (Å²) in [4.78, 5) is 12.0. The predicted octanol–water partition coefficient (Wildman–Crippen LogP) is 3.62. The molecule has 0 amide bonds. The predicted molar refractivity (Wildman–Crippen MR) is 76.2 cm³/mol. The van der Waals surface area contributed by atoms with Gasteiger partial charge in [0.1, 0.15) is 11.1 Å². The van der Waals surface area contributed by atoms with Crippen molar-refractivity contribution in [2.75, 3.05) is 0 Å². The molecule has 1 saturated carbocycles. The summed E-state index contributed by atoms with van der Waals surface area (Å²) in [5.74, 6) is -0.469. The number of hydrogen-bond donors (Lipinski definition) is 1. The Bertz CT molecular complexity index is 552. The van der Waals surface area contributed by atoms with Crippen molar-refractivity contribution in [1.82, 2.24) is 0 Å². The third-order valence-corrected chi connectivity index (χ3v) is 3.74. The average Bonchev–Trinajstić information content (AvgIpc) is 2.32. The maximum atomic E-state index is 12.5. The molecule has 1 aliphatic carbocycles. The molecular formula is C16H20F3NO2. The summed E-state index contributed by atoms with van der Waals surface area (Å²) < 4.78 is 42.8. The summed E-state index contributed by atoms with van der Waals surface area (Å²) in [6.45, 7) is 5.29. The molecule has 0 spiro atoms. The van der Waals surface area contributed by atoms with E-state index in [0.717, 1.165) is 17.7 Å². The number of ether oxygens (including phenoxy) is 1. The van der Waals surface area contributed by atoms with Crippen LogP contribution in [0, 0.1) is 0 Å². The largest absolute Gasteiger partial charge is 0.459 e.